The molecule has 5 heterocycles. The zero-order chi connectivity index (χ0) is 29.5. The summed E-state index contributed by atoms with van der Waals surface area (Å²) in [7, 11) is 0. The lowest BCUT2D eigenvalue weighted by molar-refractivity contribution is -0.793. The second kappa shape index (κ2) is 11.5. The maximum atomic E-state index is 15.2. The molecule has 1 atom stereocenters. The van der Waals surface area contributed by atoms with E-state index in [9.17, 15) is 0 Å². The maximum Gasteiger partial charge on any atom is 0.147 e. The summed E-state index contributed by atoms with van der Waals surface area (Å²) < 4.78 is -0.448. The number of aromatic nitrogens is 1. The largest absolute Gasteiger partial charge is 0.622 e. The molecule has 1 aromatic heterocycles. The van der Waals surface area contributed by atoms with Gasteiger partial charge in [-0.2, -0.15) is 0 Å². The van der Waals surface area contributed by atoms with Crippen LogP contribution >= 0.6 is 0 Å². The van der Waals surface area contributed by atoms with Crippen LogP contribution in [-0.2, 0) is 6.42 Å². The minimum absolute atomic E-state index is 0.433. The zero-order valence-corrected chi connectivity index (χ0v) is 26.3. The van der Waals surface area contributed by atoms with Gasteiger partial charge in [0.2, 0.25) is 0 Å². The molecule has 0 radical (unpaired) electrons. The summed E-state index contributed by atoms with van der Waals surface area (Å²) in [6, 6.07) is 2.26. The predicted molar refractivity (Wildman–Crippen MR) is 173 cm³/mol. The Morgan fingerprint density at radius 2 is 1.34 bits per heavy atom. The molecule has 0 saturated carbocycles. The molecule has 4 aliphatic rings. The molecular weight excluding hydrogens is 504 g/mol. The van der Waals surface area contributed by atoms with Gasteiger partial charge in [0.15, 0.2) is 0 Å². The van der Waals surface area contributed by atoms with Crippen LogP contribution in [0.1, 0.15) is 99.5 Å². The van der Waals surface area contributed by atoms with Crippen molar-refractivity contribution >= 4 is 23.1 Å². The molecule has 5 heteroatoms. The first-order valence-electron chi connectivity index (χ1n) is 15.9. The van der Waals surface area contributed by atoms with E-state index in [4.69, 9.17) is 9.98 Å². The number of likely N-dealkylation sites (N-methyl/N-ethyl adjacent to an activating group) is 1. The van der Waals surface area contributed by atoms with E-state index in [1.165, 1.54) is 38.8 Å². The average molecular weight is 551 g/mol. The number of aliphatic imine (C=N–C) groups is 2. The minimum Gasteiger partial charge on any atom is -0.622 e. The van der Waals surface area contributed by atoms with Gasteiger partial charge in [-0.25, -0.2) is 9.98 Å². The van der Waals surface area contributed by atoms with Crippen molar-refractivity contribution in [1.29, 1.82) is 0 Å². The van der Waals surface area contributed by atoms with Gasteiger partial charge >= 0.3 is 0 Å². The number of aromatic amines is 1. The van der Waals surface area contributed by atoms with Crippen molar-refractivity contribution in [2.45, 2.75) is 100 Å². The molecule has 0 unspecified atom stereocenters. The van der Waals surface area contributed by atoms with Gasteiger partial charge in [-0.3, -0.25) is 4.65 Å². The van der Waals surface area contributed by atoms with Gasteiger partial charge in [-0.15, -0.1) is 0 Å². The molecule has 0 aliphatic carbocycles. The molecule has 0 aromatic carbocycles. The summed E-state index contributed by atoms with van der Waals surface area (Å²) in [6.07, 6.45) is 14.3. The summed E-state index contributed by atoms with van der Waals surface area (Å²) in [5.41, 5.74) is 14.3. The van der Waals surface area contributed by atoms with Crippen LogP contribution < -0.4 is 10.7 Å². The van der Waals surface area contributed by atoms with Crippen LogP contribution in [0.5, 0.6) is 0 Å². The molecule has 5 rings (SSSR count). The average Bonchev–Trinajstić information content (AvgIpc) is 3.74. The Kier molecular flexibility index (Phi) is 8.22. The number of hydroxylamine groups is 3. The van der Waals surface area contributed by atoms with Gasteiger partial charge in [0.1, 0.15) is 11.4 Å². The third kappa shape index (κ3) is 4.54. The first-order chi connectivity index (χ1) is 19.8. The fourth-order valence-corrected chi connectivity index (χ4v) is 7.25. The van der Waals surface area contributed by atoms with E-state index in [0.29, 0.717) is 6.54 Å². The Balaban J connectivity index is 1.99. The Bertz CT molecular complexity index is 1660. The molecular formula is C36H46N4O. The van der Waals surface area contributed by atoms with Crippen LogP contribution in [-0.4, -0.2) is 27.6 Å². The molecule has 0 saturated heterocycles. The van der Waals surface area contributed by atoms with Gasteiger partial charge in [0, 0.05) is 39.1 Å². The SMILES string of the molecule is CCC1=C(CC)C2=C(CC)C3=C(CC)C(CC)=C(C=C4C=CC(=N4)C=c4cc(CC)c([nH]4)=C(CC)C1=N2)[N@@+]3([O-])CC. The lowest BCUT2D eigenvalue weighted by Crippen LogP contribution is -2.38. The molecule has 4 aliphatic heterocycles. The first kappa shape index (κ1) is 29.2. The van der Waals surface area contributed by atoms with Gasteiger partial charge < -0.3 is 10.2 Å². The number of hydrogen-bond donors (Lipinski definition) is 1. The third-order valence-corrected chi connectivity index (χ3v) is 9.17. The molecule has 1 aromatic rings. The summed E-state index contributed by atoms with van der Waals surface area (Å²) in [6.45, 7) is 17.9. The molecule has 216 valence electrons. The second-order valence-corrected chi connectivity index (χ2v) is 11.2. The Morgan fingerprint density at radius 1 is 0.683 bits per heavy atom. The highest BCUT2D eigenvalue weighted by Gasteiger charge is 2.42. The summed E-state index contributed by atoms with van der Waals surface area (Å²) in [4.78, 5) is 14.2. The number of quaternary nitrogens is 1. The maximum absolute atomic E-state index is 15.2. The number of nitrogens with one attached hydrogen (secondary N) is 1. The van der Waals surface area contributed by atoms with E-state index < -0.39 is 4.65 Å². The summed E-state index contributed by atoms with van der Waals surface area (Å²) >= 11 is 0. The number of allylic oxidation sites excluding steroid dienone is 8. The zero-order valence-electron chi connectivity index (χ0n) is 26.3. The second-order valence-electron chi connectivity index (χ2n) is 11.2. The Hall–Kier alpha value is -3.28. The van der Waals surface area contributed by atoms with Gasteiger partial charge in [0.25, 0.3) is 0 Å². The molecule has 1 N–H and O–H groups in total. The van der Waals surface area contributed by atoms with Crippen molar-refractivity contribution < 1.29 is 4.65 Å². The topological polar surface area (TPSA) is 63.6 Å². The van der Waals surface area contributed by atoms with Crippen molar-refractivity contribution in [1.82, 2.24) is 4.98 Å². The molecule has 5 nitrogen and oxygen atoms in total. The van der Waals surface area contributed by atoms with E-state index in [2.05, 4.69) is 77.7 Å². The van der Waals surface area contributed by atoms with E-state index in [0.717, 1.165) is 90.1 Å². The number of aryl methyl sites for hydroxylation is 1. The first-order valence-corrected chi connectivity index (χ1v) is 15.9. The van der Waals surface area contributed by atoms with Crippen LogP contribution in [0.25, 0.3) is 11.6 Å². The lowest BCUT2D eigenvalue weighted by atomic mass is 9.91. The number of hydrogen-bond acceptors (Lipinski definition) is 3. The normalized spacial score (nSPS) is 22.3. The van der Waals surface area contributed by atoms with E-state index in [-0.39, 0.29) is 0 Å². The minimum atomic E-state index is -0.448. The monoisotopic (exact) mass is 550 g/mol. The Labute approximate surface area is 245 Å². The van der Waals surface area contributed by atoms with Crippen molar-refractivity contribution in [3.63, 3.8) is 0 Å². The van der Waals surface area contributed by atoms with Crippen molar-refractivity contribution in [3.05, 3.63) is 96.4 Å². The van der Waals surface area contributed by atoms with E-state index in [1.54, 1.807) is 0 Å². The fraction of sp³-hybridized carbons (Fsp3) is 0.444. The number of nitrogens with zero attached hydrogens (tertiary/aromatic N) is 3. The summed E-state index contributed by atoms with van der Waals surface area (Å²) in [5, 5.41) is 17.4. The number of fused-ring (bicyclic) bond motifs is 6. The van der Waals surface area contributed by atoms with Crippen molar-refractivity contribution in [2.24, 2.45) is 9.98 Å². The molecule has 0 amide bonds. The molecule has 0 spiro atoms. The quantitative estimate of drug-likeness (QED) is 0.261. The molecule has 8 bridgehead atoms. The highest BCUT2D eigenvalue weighted by molar-refractivity contribution is 6.29. The van der Waals surface area contributed by atoms with E-state index in [1.807, 2.05) is 13.0 Å². The van der Waals surface area contributed by atoms with Gasteiger partial charge in [-0.05, 0) is 92.9 Å². The van der Waals surface area contributed by atoms with Crippen LogP contribution in [0.4, 0.5) is 0 Å². The Morgan fingerprint density at radius 3 is 1.93 bits per heavy atom. The van der Waals surface area contributed by atoms with Gasteiger partial charge in [0.05, 0.1) is 29.4 Å². The third-order valence-electron chi connectivity index (χ3n) is 9.17. The smallest absolute Gasteiger partial charge is 0.147 e. The predicted octanol–water partition coefficient (Wildman–Crippen LogP) is 7.74. The molecule has 0 fully saturated rings. The van der Waals surface area contributed by atoms with E-state index >= 15 is 5.21 Å². The van der Waals surface area contributed by atoms with Crippen LogP contribution in [0.15, 0.2) is 84.9 Å². The fourth-order valence-electron chi connectivity index (χ4n) is 7.25. The number of H-pyrrole nitrogens is 1. The number of rotatable bonds is 8. The lowest BCUT2D eigenvalue weighted by Gasteiger charge is -2.42. The van der Waals surface area contributed by atoms with Crippen LogP contribution in [0.3, 0.4) is 0 Å². The standard InChI is InChI=1S/C36H46N4O/c1-9-22-19-25-20-23-17-18-24(37-23)21-32-26(10-2)29(13-5)36(40(32,41)16-8)31(15-7)35-28(12-4)27(11-3)34(39-35)30(14-6)33(22)38-25/h17-21,38H,9-16H2,1-8H3/t40-/m0/s1. The van der Waals surface area contributed by atoms with Gasteiger partial charge in [-0.1, -0.05) is 48.5 Å². The highest BCUT2D eigenvalue weighted by atomic mass is 16.5. The highest BCUT2D eigenvalue weighted by Crippen LogP contribution is 2.49. The molecule has 41 heavy (non-hydrogen) atoms. The van der Waals surface area contributed by atoms with Crippen LogP contribution in [0, 0.1) is 5.21 Å². The summed E-state index contributed by atoms with van der Waals surface area (Å²) in [5.74, 6) is 0. The van der Waals surface area contributed by atoms with Crippen LogP contribution in [0.2, 0.25) is 0 Å². The van der Waals surface area contributed by atoms with Crippen molar-refractivity contribution in [2.75, 3.05) is 6.54 Å². The van der Waals surface area contributed by atoms with Crippen molar-refractivity contribution in [3.8, 4) is 0 Å².